The molecule has 0 aromatic heterocycles. The smallest absolute Gasteiger partial charge is 0.0166 e. The van der Waals surface area contributed by atoms with Crippen molar-refractivity contribution in [3.63, 3.8) is 0 Å². The van der Waals surface area contributed by atoms with Crippen LogP contribution in [0.4, 0.5) is 0 Å². The predicted molar refractivity (Wildman–Crippen MR) is 39.1 cm³/mol. The second-order valence-electron chi connectivity index (χ2n) is 2.15. The summed E-state index contributed by atoms with van der Waals surface area (Å²) in [6.45, 7) is 6.27. The van der Waals surface area contributed by atoms with Crippen LogP contribution in [0.1, 0.15) is 27.2 Å². The molecule has 0 fully saturated rings. The Kier molecular flexibility index (Phi) is 3.98. The third-order valence-electron chi connectivity index (χ3n) is 0.951. The summed E-state index contributed by atoms with van der Waals surface area (Å²) in [5.74, 6) is 0.497. The van der Waals surface area contributed by atoms with Gasteiger partial charge in [0, 0.05) is 5.03 Å². The van der Waals surface area contributed by atoms with Gasteiger partial charge in [-0.15, -0.1) is 0 Å². The van der Waals surface area contributed by atoms with Crippen LogP contribution in [0.3, 0.4) is 0 Å². The van der Waals surface area contributed by atoms with E-state index in [0.29, 0.717) is 5.92 Å². The first-order valence-electron chi connectivity index (χ1n) is 3.04. The average Bonchev–Trinajstić information content (AvgIpc) is 1.67. The Morgan fingerprint density at radius 2 is 2.12 bits per heavy atom. The summed E-state index contributed by atoms with van der Waals surface area (Å²) in [6.07, 6.45) is 3.09. The fourth-order valence-corrected chi connectivity index (χ4v) is 0.585. The van der Waals surface area contributed by atoms with Crippen LogP contribution in [-0.4, -0.2) is 0 Å². The normalized spacial score (nSPS) is 12.9. The first kappa shape index (κ1) is 8.03. The number of hydrogen-bond donors (Lipinski definition) is 0. The molecule has 1 heteroatoms. The Morgan fingerprint density at radius 3 is 2.25 bits per heavy atom. The molecule has 0 aromatic carbocycles. The van der Waals surface area contributed by atoms with Gasteiger partial charge in [0.25, 0.3) is 0 Å². The highest BCUT2D eigenvalue weighted by Crippen LogP contribution is 2.13. The van der Waals surface area contributed by atoms with Crippen LogP contribution in [0, 0.1) is 5.92 Å². The molecular formula is C7H13Cl. The van der Waals surface area contributed by atoms with Crippen LogP contribution in [0.25, 0.3) is 0 Å². The van der Waals surface area contributed by atoms with E-state index in [4.69, 9.17) is 11.6 Å². The van der Waals surface area contributed by atoms with Crippen LogP contribution in [0.2, 0.25) is 0 Å². The van der Waals surface area contributed by atoms with Gasteiger partial charge in [-0.3, -0.25) is 0 Å². The SMILES string of the molecule is CC/C=C(/Cl)C(C)C. The molecule has 8 heavy (non-hydrogen) atoms. The molecule has 0 amide bonds. The molecule has 0 saturated heterocycles. The van der Waals surface area contributed by atoms with Crippen molar-refractivity contribution in [1.29, 1.82) is 0 Å². The number of rotatable bonds is 2. The highest BCUT2D eigenvalue weighted by atomic mass is 35.5. The second-order valence-corrected chi connectivity index (χ2v) is 2.59. The van der Waals surface area contributed by atoms with Crippen molar-refractivity contribution in [2.45, 2.75) is 27.2 Å². The molecule has 0 bridgehead atoms. The molecule has 0 atom stereocenters. The van der Waals surface area contributed by atoms with E-state index in [1.54, 1.807) is 0 Å². The summed E-state index contributed by atoms with van der Waals surface area (Å²) >= 11 is 5.78. The standard InChI is InChI=1S/C7H13Cl/c1-4-5-7(8)6(2)3/h5-6H,4H2,1-3H3/b7-5+. The van der Waals surface area contributed by atoms with Gasteiger partial charge in [-0.05, 0) is 12.3 Å². The summed E-state index contributed by atoms with van der Waals surface area (Å²) in [6, 6.07) is 0. The molecule has 0 aliphatic heterocycles. The van der Waals surface area contributed by atoms with Gasteiger partial charge in [0.05, 0.1) is 0 Å². The van der Waals surface area contributed by atoms with Gasteiger partial charge < -0.3 is 0 Å². The van der Waals surface area contributed by atoms with Gasteiger partial charge in [-0.25, -0.2) is 0 Å². The summed E-state index contributed by atoms with van der Waals surface area (Å²) in [5.41, 5.74) is 0. The summed E-state index contributed by atoms with van der Waals surface area (Å²) < 4.78 is 0. The third-order valence-corrected chi connectivity index (χ3v) is 1.54. The third kappa shape index (κ3) is 3.09. The molecule has 0 aliphatic carbocycles. The van der Waals surface area contributed by atoms with Crippen molar-refractivity contribution >= 4 is 11.6 Å². The average molecular weight is 133 g/mol. The predicted octanol–water partition coefficient (Wildman–Crippen LogP) is 3.18. The lowest BCUT2D eigenvalue weighted by atomic mass is 10.2. The molecule has 0 unspecified atom stereocenters. The Hall–Kier alpha value is 0.0300. The van der Waals surface area contributed by atoms with Gasteiger partial charge in [-0.1, -0.05) is 38.4 Å². The van der Waals surface area contributed by atoms with Crippen molar-refractivity contribution in [2.24, 2.45) is 5.92 Å². The minimum absolute atomic E-state index is 0.497. The van der Waals surface area contributed by atoms with Gasteiger partial charge >= 0.3 is 0 Å². The lowest BCUT2D eigenvalue weighted by Crippen LogP contribution is -1.83. The maximum atomic E-state index is 5.78. The fourth-order valence-electron chi connectivity index (χ4n) is 0.431. The summed E-state index contributed by atoms with van der Waals surface area (Å²) in [5, 5.41) is 0.979. The molecule has 0 radical (unpaired) electrons. The fraction of sp³-hybridized carbons (Fsp3) is 0.714. The maximum absolute atomic E-state index is 5.78. The minimum Gasteiger partial charge on any atom is -0.0892 e. The molecule has 0 aliphatic rings. The molecule has 0 aromatic rings. The van der Waals surface area contributed by atoms with Gasteiger partial charge in [0.2, 0.25) is 0 Å². The highest BCUT2D eigenvalue weighted by Gasteiger charge is 1.94. The van der Waals surface area contributed by atoms with E-state index in [1.165, 1.54) is 0 Å². The van der Waals surface area contributed by atoms with Gasteiger partial charge in [-0.2, -0.15) is 0 Å². The zero-order valence-electron chi connectivity index (χ0n) is 5.74. The molecule has 48 valence electrons. The quantitative estimate of drug-likeness (QED) is 0.542. The molecule has 0 nitrogen and oxygen atoms in total. The molecule has 0 saturated carbocycles. The molecule has 0 N–H and O–H groups in total. The summed E-state index contributed by atoms with van der Waals surface area (Å²) in [4.78, 5) is 0. The van der Waals surface area contributed by atoms with Crippen LogP contribution in [0.5, 0.6) is 0 Å². The van der Waals surface area contributed by atoms with Crippen LogP contribution in [-0.2, 0) is 0 Å². The Balaban J connectivity index is 3.61. The van der Waals surface area contributed by atoms with Crippen molar-refractivity contribution in [3.8, 4) is 0 Å². The van der Waals surface area contributed by atoms with Gasteiger partial charge in [0.1, 0.15) is 0 Å². The first-order valence-corrected chi connectivity index (χ1v) is 3.41. The van der Waals surface area contributed by atoms with Crippen LogP contribution < -0.4 is 0 Å². The Labute approximate surface area is 56.5 Å². The van der Waals surface area contributed by atoms with E-state index in [9.17, 15) is 0 Å². The molecule has 0 spiro atoms. The van der Waals surface area contributed by atoms with E-state index in [0.717, 1.165) is 11.5 Å². The highest BCUT2D eigenvalue weighted by molar-refractivity contribution is 6.29. The van der Waals surface area contributed by atoms with Gasteiger partial charge in [0.15, 0.2) is 0 Å². The van der Waals surface area contributed by atoms with Crippen LogP contribution in [0.15, 0.2) is 11.1 Å². The zero-order valence-corrected chi connectivity index (χ0v) is 6.50. The second kappa shape index (κ2) is 3.96. The molecular weight excluding hydrogens is 120 g/mol. The van der Waals surface area contributed by atoms with Crippen LogP contribution >= 0.6 is 11.6 Å². The van der Waals surface area contributed by atoms with Crippen molar-refractivity contribution in [1.82, 2.24) is 0 Å². The topological polar surface area (TPSA) is 0 Å². The zero-order chi connectivity index (χ0) is 6.57. The number of allylic oxidation sites excluding steroid dienone is 2. The lowest BCUT2D eigenvalue weighted by molar-refractivity contribution is 0.807. The molecule has 0 heterocycles. The Morgan fingerprint density at radius 1 is 1.62 bits per heavy atom. The lowest BCUT2D eigenvalue weighted by Gasteiger charge is -1.99. The van der Waals surface area contributed by atoms with E-state index >= 15 is 0 Å². The maximum Gasteiger partial charge on any atom is 0.0166 e. The molecule has 0 rings (SSSR count). The van der Waals surface area contributed by atoms with Crippen molar-refractivity contribution < 1.29 is 0 Å². The minimum atomic E-state index is 0.497. The summed E-state index contributed by atoms with van der Waals surface area (Å²) in [7, 11) is 0. The Bertz CT molecular complexity index is 82.4. The number of halogens is 1. The number of hydrogen-bond acceptors (Lipinski definition) is 0. The van der Waals surface area contributed by atoms with Crippen molar-refractivity contribution in [2.75, 3.05) is 0 Å². The van der Waals surface area contributed by atoms with E-state index < -0.39 is 0 Å². The van der Waals surface area contributed by atoms with E-state index in [1.807, 2.05) is 6.08 Å². The van der Waals surface area contributed by atoms with Crippen molar-refractivity contribution in [3.05, 3.63) is 11.1 Å². The van der Waals surface area contributed by atoms with E-state index in [-0.39, 0.29) is 0 Å². The largest absolute Gasteiger partial charge is 0.0892 e. The van der Waals surface area contributed by atoms with E-state index in [2.05, 4.69) is 20.8 Å². The monoisotopic (exact) mass is 132 g/mol. The first-order chi connectivity index (χ1) is 3.68.